The molecule has 1 saturated heterocycles. The summed E-state index contributed by atoms with van der Waals surface area (Å²) in [5, 5.41) is 13.4. The highest BCUT2D eigenvalue weighted by molar-refractivity contribution is 6.30. The lowest BCUT2D eigenvalue weighted by molar-refractivity contribution is 0.235. The third-order valence-electron chi connectivity index (χ3n) is 3.01. The molecule has 0 aromatic heterocycles. The summed E-state index contributed by atoms with van der Waals surface area (Å²) in [5.41, 5.74) is 1.08. The molecule has 1 aromatic carbocycles. The first-order valence-electron chi connectivity index (χ1n) is 5.58. The molecule has 1 fully saturated rings. The number of nitrogens with one attached hydrogen (secondary N) is 1. The van der Waals surface area contributed by atoms with E-state index in [-0.39, 0.29) is 12.6 Å². The van der Waals surface area contributed by atoms with Crippen LogP contribution >= 0.6 is 11.6 Å². The van der Waals surface area contributed by atoms with Crippen LogP contribution in [-0.4, -0.2) is 36.9 Å². The molecule has 1 heterocycles. The number of nitrogens with zero attached hydrogens (tertiary/aromatic N) is 1. The van der Waals surface area contributed by atoms with Gasteiger partial charge in [-0.2, -0.15) is 0 Å². The van der Waals surface area contributed by atoms with E-state index in [1.54, 1.807) is 0 Å². The Morgan fingerprint density at radius 3 is 3.00 bits per heavy atom. The number of piperazine rings is 1. The molecule has 1 aromatic rings. The van der Waals surface area contributed by atoms with Crippen molar-refractivity contribution in [2.24, 2.45) is 0 Å². The van der Waals surface area contributed by atoms with Crippen LogP contribution in [0.3, 0.4) is 0 Å². The molecule has 1 aliphatic heterocycles. The van der Waals surface area contributed by atoms with Crippen LogP contribution in [0.4, 0.5) is 5.69 Å². The van der Waals surface area contributed by atoms with Gasteiger partial charge >= 0.3 is 0 Å². The zero-order chi connectivity index (χ0) is 11.5. The number of hydrogen-bond acceptors (Lipinski definition) is 3. The smallest absolute Gasteiger partial charge is 0.0649 e. The first kappa shape index (κ1) is 11.7. The molecule has 16 heavy (non-hydrogen) atoms. The second-order valence-corrected chi connectivity index (χ2v) is 4.67. The standard InChI is InChI=1S/C12H17ClN2O/c1-9-6-14-7-12(8-16)15(9)11-4-2-3-10(13)5-11/h2-5,9,12,14,16H,6-8H2,1H3. The van der Waals surface area contributed by atoms with E-state index in [1.165, 1.54) is 0 Å². The van der Waals surface area contributed by atoms with Crippen molar-refractivity contribution in [3.63, 3.8) is 0 Å². The summed E-state index contributed by atoms with van der Waals surface area (Å²) in [4.78, 5) is 2.24. The van der Waals surface area contributed by atoms with E-state index in [1.807, 2.05) is 24.3 Å². The molecular formula is C12H17ClN2O. The number of rotatable bonds is 2. The first-order chi connectivity index (χ1) is 7.72. The molecule has 0 spiro atoms. The van der Waals surface area contributed by atoms with Crippen LogP contribution < -0.4 is 10.2 Å². The Morgan fingerprint density at radius 2 is 2.31 bits per heavy atom. The maximum atomic E-state index is 9.40. The van der Waals surface area contributed by atoms with Gasteiger partial charge in [-0.15, -0.1) is 0 Å². The molecule has 0 radical (unpaired) electrons. The maximum Gasteiger partial charge on any atom is 0.0649 e. The summed E-state index contributed by atoms with van der Waals surface area (Å²) in [7, 11) is 0. The molecule has 0 bridgehead atoms. The van der Waals surface area contributed by atoms with E-state index in [9.17, 15) is 5.11 Å². The van der Waals surface area contributed by atoms with E-state index < -0.39 is 0 Å². The van der Waals surface area contributed by atoms with Gasteiger partial charge in [0.15, 0.2) is 0 Å². The average molecular weight is 241 g/mol. The fourth-order valence-corrected chi connectivity index (χ4v) is 2.45. The van der Waals surface area contributed by atoms with E-state index in [0.29, 0.717) is 6.04 Å². The Labute approximate surface area is 101 Å². The third kappa shape index (κ3) is 2.32. The number of aliphatic hydroxyl groups is 1. The lowest BCUT2D eigenvalue weighted by Crippen LogP contribution is -2.58. The zero-order valence-electron chi connectivity index (χ0n) is 9.36. The fourth-order valence-electron chi connectivity index (χ4n) is 2.27. The lowest BCUT2D eigenvalue weighted by Gasteiger charge is -2.42. The minimum Gasteiger partial charge on any atom is -0.394 e. The van der Waals surface area contributed by atoms with Crippen LogP contribution in [0.5, 0.6) is 0 Å². The number of hydrogen-bond donors (Lipinski definition) is 2. The Morgan fingerprint density at radius 1 is 1.50 bits per heavy atom. The third-order valence-corrected chi connectivity index (χ3v) is 3.24. The van der Waals surface area contributed by atoms with Crippen molar-refractivity contribution in [2.45, 2.75) is 19.0 Å². The number of anilines is 1. The topological polar surface area (TPSA) is 35.5 Å². The predicted octanol–water partition coefficient (Wildman–Crippen LogP) is 1.50. The van der Waals surface area contributed by atoms with Crippen LogP contribution in [-0.2, 0) is 0 Å². The van der Waals surface area contributed by atoms with Crippen molar-refractivity contribution >= 4 is 17.3 Å². The highest BCUT2D eigenvalue weighted by Crippen LogP contribution is 2.24. The Kier molecular flexibility index (Phi) is 3.69. The van der Waals surface area contributed by atoms with Crippen molar-refractivity contribution in [1.82, 2.24) is 5.32 Å². The van der Waals surface area contributed by atoms with Crippen molar-refractivity contribution in [3.05, 3.63) is 29.3 Å². The minimum absolute atomic E-state index is 0.127. The van der Waals surface area contributed by atoms with Crippen molar-refractivity contribution in [2.75, 3.05) is 24.6 Å². The van der Waals surface area contributed by atoms with Gasteiger partial charge in [0, 0.05) is 29.8 Å². The minimum atomic E-state index is 0.127. The Bertz CT molecular complexity index is 359. The highest BCUT2D eigenvalue weighted by atomic mass is 35.5. The van der Waals surface area contributed by atoms with Crippen LogP contribution in [0.1, 0.15) is 6.92 Å². The second-order valence-electron chi connectivity index (χ2n) is 4.23. The van der Waals surface area contributed by atoms with Crippen LogP contribution in [0.15, 0.2) is 24.3 Å². The van der Waals surface area contributed by atoms with Gasteiger partial charge in [0.1, 0.15) is 0 Å². The Balaban J connectivity index is 2.28. The van der Waals surface area contributed by atoms with Gasteiger partial charge in [-0.25, -0.2) is 0 Å². The molecule has 0 aliphatic carbocycles. The quantitative estimate of drug-likeness (QED) is 0.823. The summed E-state index contributed by atoms with van der Waals surface area (Å²) in [6, 6.07) is 8.29. The van der Waals surface area contributed by atoms with Gasteiger partial charge in [-0.1, -0.05) is 17.7 Å². The highest BCUT2D eigenvalue weighted by Gasteiger charge is 2.27. The van der Waals surface area contributed by atoms with Gasteiger partial charge in [-0.3, -0.25) is 0 Å². The van der Waals surface area contributed by atoms with Crippen LogP contribution in [0.2, 0.25) is 5.02 Å². The summed E-state index contributed by atoms with van der Waals surface area (Å²) in [5.74, 6) is 0. The van der Waals surface area contributed by atoms with Gasteiger partial charge < -0.3 is 15.3 Å². The molecule has 88 valence electrons. The van der Waals surface area contributed by atoms with E-state index in [0.717, 1.165) is 23.8 Å². The lowest BCUT2D eigenvalue weighted by atomic mass is 10.1. The largest absolute Gasteiger partial charge is 0.394 e. The maximum absolute atomic E-state index is 9.40. The van der Waals surface area contributed by atoms with Gasteiger partial charge in [-0.05, 0) is 25.1 Å². The van der Waals surface area contributed by atoms with E-state index in [4.69, 9.17) is 11.6 Å². The van der Waals surface area contributed by atoms with Gasteiger partial charge in [0.2, 0.25) is 0 Å². The molecule has 2 N–H and O–H groups in total. The zero-order valence-corrected chi connectivity index (χ0v) is 10.1. The van der Waals surface area contributed by atoms with Crippen molar-refractivity contribution < 1.29 is 5.11 Å². The molecule has 1 aliphatic rings. The van der Waals surface area contributed by atoms with Crippen LogP contribution in [0, 0.1) is 0 Å². The molecule has 4 heteroatoms. The number of benzene rings is 1. The molecule has 3 nitrogen and oxygen atoms in total. The van der Waals surface area contributed by atoms with Crippen molar-refractivity contribution in [1.29, 1.82) is 0 Å². The number of halogens is 1. The molecule has 0 saturated carbocycles. The van der Waals surface area contributed by atoms with Gasteiger partial charge in [0.25, 0.3) is 0 Å². The second kappa shape index (κ2) is 5.04. The first-order valence-corrected chi connectivity index (χ1v) is 5.95. The average Bonchev–Trinajstić information content (AvgIpc) is 2.28. The van der Waals surface area contributed by atoms with Crippen LogP contribution in [0.25, 0.3) is 0 Å². The SMILES string of the molecule is CC1CNCC(CO)N1c1cccc(Cl)c1. The summed E-state index contributed by atoms with van der Waals surface area (Å²) < 4.78 is 0. The van der Waals surface area contributed by atoms with E-state index >= 15 is 0 Å². The van der Waals surface area contributed by atoms with Gasteiger partial charge in [0.05, 0.1) is 12.6 Å². The molecule has 2 rings (SSSR count). The Hall–Kier alpha value is -0.770. The summed E-state index contributed by atoms with van der Waals surface area (Å²) >= 11 is 6.00. The molecular weight excluding hydrogens is 224 g/mol. The van der Waals surface area contributed by atoms with Crippen molar-refractivity contribution in [3.8, 4) is 0 Å². The summed E-state index contributed by atoms with van der Waals surface area (Å²) in [6.45, 7) is 4.05. The molecule has 0 amide bonds. The molecule has 2 unspecified atom stereocenters. The van der Waals surface area contributed by atoms with E-state index in [2.05, 4.69) is 17.1 Å². The normalized spacial score (nSPS) is 25.8. The predicted molar refractivity (Wildman–Crippen MR) is 67.1 cm³/mol. The molecule has 2 atom stereocenters. The summed E-state index contributed by atoms with van der Waals surface area (Å²) in [6.07, 6.45) is 0. The monoisotopic (exact) mass is 240 g/mol. The fraction of sp³-hybridized carbons (Fsp3) is 0.500. The number of aliphatic hydroxyl groups excluding tert-OH is 1.